The highest BCUT2D eigenvalue weighted by atomic mass is 35.5. The van der Waals surface area contributed by atoms with Crippen LogP contribution in [-0.2, 0) is 0 Å². The molecule has 17 heavy (non-hydrogen) atoms. The van der Waals surface area contributed by atoms with E-state index in [1.54, 1.807) is 0 Å². The van der Waals surface area contributed by atoms with Crippen molar-refractivity contribution in [3.8, 4) is 11.5 Å². The molecule has 1 rings (SSSR count). The molecule has 98 valence electrons. The van der Waals surface area contributed by atoms with E-state index in [0.29, 0.717) is 0 Å². The average molecular weight is 270 g/mol. The molecule has 4 nitrogen and oxygen atoms in total. The third-order valence-corrected chi connectivity index (χ3v) is 2.24. The van der Waals surface area contributed by atoms with Crippen LogP contribution in [0.5, 0.6) is 11.5 Å². The van der Waals surface area contributed by atoms with Crippen molar-refractivity contribution in [3.63, 3.8) is 0 Å². The van der Waals surface area contributed by atoms with Crippen LogP contribution >= 0.6 is 12.4 Å². The first kappa shape index (κ1) is 15.9. The van der Waals surface area contributed by atoms with E-state index >= 15 is 0 Å². The fraction of sp³-hybridized carbons (Fsp3) is 0.400. The van der Waals surface area contributed by atoms with Gasteiger partial charge in [-0.25, -0.2) is 8.78 Å². The van der Waals surface area contributed by atoms with Crippen LogP contribution < -0.4 is 10.5 Å². The smallest absolute Gasteiger partial charge is 0.289 e. The topological polar surface area (TPSA) is 75.7 Å². The quantitative estimate of drug-likeness (QED) is 0.773. The minimum Gasteiger partial charge on any atom is -0.507 e. The highest BCUT2D eigenvalue weighted by Crippen LogP contribution is 2.39. The molecule has 0 aromatic heterocycles. The zero-order chi connectivity index (χ0) is 12.3. The van der Waals surface area contributed by atoms with Crippen LogP contribution in [0.1, 0.15) is 11.6 Å². The summed E-state index contributed by atoms with van der Waals surface area (Å²) in [5.41, 5.74) is 5.09. The Labute approximate surface area is 103 Å². The van der Waals surface area contributed by atoms with E-state index in [-0.39, 0.29) is 29.5 Å². The molecule has 1 aromatic carbocycles. The first-order valence-electron chi connectivity index (χ1n) is 4.54. The SMILES string of the molecule is COc1cccc(O)c1[C@H](N)C(F)(F)CO.Cl. The number of rotatable bonds is 4. The molecule has 0 heterocycles. The first-order valence-corrected chi connectivity index (χ1v) is 4.54. The summed E-state index contributed by atoms with van der Waals surface area (Å²) in [6.07, 6.45) is 0. The van der Waals surface area contributed by atoms with Gasteiger partial charge in [0.25, 0.3) is 5.92 Å². The van der Waals surface area contributed by atoms with E-state index in [9.17, 15) is 13.9 Å². The van der Waals surface area contributed by atoms with Gasteiger partial charge in [0, 0.05) is 0 Å². The van der Waals surface area contributed by atoms with Crippen LogP contribution in [-0.4, -0.2) is 29.9 Å². The monoisotopic (exact) mass is 269 g/mol. The van der Waals surface area contributed by atoms with Gasteiger partial charge < -0.3 is 20.7 Å². The van der Waals surface area contributed by atoms with E-state index in [0.717, 1.165) is 0 Å². The zero-order valence-electron chi connectivity index (χ0n) is 9.06. The molecule has 0 saturated carbocycles. The Morgan fingerprint density at radius 1 is 1.47 bits per heavy atom. The number of phenolic OH excluding ortho intramolecular Hbond substituents is 1. The van der Waals surface area contributed by atoms with Gasteiger partial charge in [0.2, 0.25) is 0 Å². The normalized spacial score (nSPS) is 12.8. The van der Waals surface area contributed by atoms with Crippen LogP contribution in [0.2, 0.25) is 0 Å². The summed E-state index contributed by atoms with van der Waals surface area (Å²) in [7, 11) is 1.28. The molecule has 0 unspecified atom stereocenters. The number of hydrogen-bond acceptors (Lipinski definition) is 4. The molecule has 0 fully saturated rings. The zero-order valence-corrected chi connectivity index (χ0v) is 9.88. The maximum Gasteiger partial charge on any atom is 0.289 e. The number of methoxy groups -OCH3 is 1. The largest absolute Gasteiger partial charge is 0.507 e. The minimum atomic E-state index is -3.52. The van der Waals surface area contributed by atoms with Crippen molar-refractivity contribution in [2.45, 2.75) is 12.0 Å². The van der Waals surface area contributed by atoms with Gasteiger partial charge in [-0.2, -0.15) is 0 Å². The van der Waals surface area contributed by atoms with Crippen molar-refractivity contribution in [1.82, 2.24) is 0 Å². The fourth-order valence-corrected chi connectivity index (χ4v) is 1.33. The number of phenols is 1. The summed E-state index contributed by atoms with van der Waals surface area (Å²) in [6, 6.07) is 2.25. The predicted octanol–water partition coefficient (Wildman–Crippen LogP) is 1.45. The Morgan fingerprint density at radius 3 is 2.53 bits per heavy atom. The van der Waals surface area contributed by atoms with Crippen LogP contribution in [0.15, 0.2) is 18.2 Å². The van der Waals surface area contributed by atoms with Gasteiger partial charge in [-0.05, 0) is 12.1 Å². The third-order valence-electron chi connectivity index (χ3n) is 2.24. The van der Waals surface area contributed by atoms with Crippen LogP contribution in [0.3, 0.4) is 0 Å². The Kier molecular flexibility index (Phi) is 5.60. The van der Waals surface area contributed by atoms with Gasteiger partial charge in [-0.1, -0.05) is 6.07 Å². The molecule has 0 saturated heterocycles. The summed E-state index contributed by atoms with van der Waals surface area (Å²) in [5.74, 6) is -3.85. The van der Waals surface area contributed by atoms with Crippen molar-refractivity contribution in [2.75, 3.05) is 13.7 Å². The molecule has 1 atom stereocenters. The molecule has 0 amide bonds. The number of ether oxygens (including phenoxy) is 1. The number of alkyl halides is 2. The lowest BCUT2D eigenvalue weighted by Gasteiger charge is -2.23. The average Bonchev–Trinajstić information content (AvgIpc) is 2.27. The summed E-state index contributed by atoms with van der Waals surface area (Å²) in [5, 5.41) is 18.0. The van der Waals surface area contributed by atoms with E-state index in [2.05, 4.69) is 0 Å². The number of nitrogens with two attached hydrogens (primary N) is 1. The summed E-state index contributed by atoms with van der Waals surface area (Å²) >= 11 is 0. The minimum absolute atomic E-state index is 0. The number of aliphatic hydroxyl groups excluding tert-OH is 1. The maximum atomic E-state index is 13.2. The maximum absolute atomic E-state index is 13.2. The number of aliphatic hydroxyl groups is 1. The molecule has 0 bridgehead atoms. The summed E-state index contributed by atoms with van der Waals surface area (Å²) in [4.78, 5) is 0. The molecular weight excluding hydrogens is 256 g/mol. The Balaban J connectivity index is 0.00000256. The van der Waals surface area contributed by atoms with Gasteiger partial charge in [0.15, 0.2) is 0 Å². The lowest BCUT2D eigenvalue weighted by molar-refractivity contribution is -0.0719. The van der Waals surface area contributed by atoms with Gasteiger partial charge in [0.1, 0.15) is 24.1 Å². The lowest BCUT2D eigenvalue weighted by atomic mass is 10.00. The number of hydrogen-bond donors (Lipinski definition) is 3. The molecule has 0 aliphatic rings. The second-order valence-electron chi connectivity index (χ2n) is 3.29. The van der Waals surface area contributed by atoms with Crippen molar-refractivity contribution in [3.05, 3.63) is 23.8 Å². The predicted molar refractivity (Wildman–Crippen MR) is 60.9 cm³/mol. The summed E-state index contributed by atoms with van der Waals surface area (Å²) in [6.45, 7) is -1.40. The van der Waals surface area contributed by atoms with Gasteiger partial charge in [-0.15, -0.1) is 12.4 Å². The molecule has 7 heteroatoms. The second kappa shape index (κ2) is 6.00. The number of benzene rings is 1. The standard InChI is InChI=1S/C10H13F2NO3.ClH/c1-16-7-4-2-3-6(15)8(7)9(13)10(11,12)5-14;/h2-4,9,14-15H,5,13H2,1H3;1H/t9-;/m0./s1. The molecule has 4 N–H and O–H groups in total. The molecule has 0 aliphatic heterocycles. The van der Waals surface area contributed by atoms with Crippen molar-refractivity contribution < 1.29 is 23.7 Å². The highest BCUT2D eigenvalue weighted by Gasteiger charge is 2.40. The van der Waals surface area contributed by atoms with Crippen molar-refractivity contribution in [2.24, 2.45) is 5.73 Å². The molecule has 0 spiro atoms. The Hall–Kier alpha value is -1.11. The fourth-order valence-electron chi connectivity index (χ4n) is 1.33. The number of aromatic hydroxyl groups is 1. The Bertz CT molecular complexity index is 377. The number of halogens is 3. The van der Waals surface area contributed by atoms with Crippen LogP contribution in [0.4, 0.5) is 8.78 Å². The van der Waals surface area contributed by atoms with E-state index < -0.39 is 18.6 Å². The molecule has 0 radical (unpaired) electrons. The molecular formula is C10H14ClF2NO3. The van der Waals surface area contributed by atoms with E-state index in [1.165, 1.54) is 25.3 Å². The van der Waals surface area contributed by atoms with Gasteiger partial charge >= 0.3 is 0 Å². The van der Waals surface area contributed by atoms with Gasteiger partial charge in [-0.3, -0.25) is 0 Å². The van der Waals surface area contributed by atoms with Crippen molar-refractivity contribution in [1.29, 1.82) is 0 Å². The summed E-state index contributed by atoms with van der Waals surface area (Å²) < 4.78 is 31.2. The highest BCUT2D eigenvalue weighted by molar-refractivity contribution is 5.85. The Morgan fingerprint density at radius 2 is 2.06 bits per heavy atom. The van der Waals surface area contributed by atoms with E-state index in [4.69, 9.17) is 15.6 Å². The van der Waals surface area contributed by atoms with Crippen LogP contribution in [0.25, 0.3) is 0 Å². The lowest BCUT2D eigenvalue weighted by Crippen LogP contribution is -2.36. The van der Waals surface area contributed by atoms with Crippen molar-refractivity contribution >= 4 is 12.4 Å². The molecule has 0 aliphatic carbocycles. The van der Waals surface area contributed by atoms with Crippen LogP contribution in [0, 0.1) is 0 Å². The second-order valence-corrected chi connectivity index (χ2v) is 3.29. The third kappa shape index (κ3) is 3.18. The van der Waals surface area contributed by atoms with Gasteiger partial charge in [0.05, 0.1) is 12.7 Å². The van der Waals surface area contributed by atoms with E-state index in [1.807, 2.05) is 0 Å². The first-order chi connectivity index (χ1) is 7.44. The molecule has 1 aromatic rings.